The summed E-state index contributed by atoms with van der Waals surface area (Å²) in [6, 6.07) is 17.5. The highest BCUT2D eigenvalue weighted by Gasteiger charge is 2.24. The highest BCUT2D eigenvalue weighted by molar-refractivity contribution is 6.31. The molecule has 0 aliphatic rings. The standard InChI is InChI=1S/C22H19ClN6O2/c1-14-22(28(2)27-26-14)16-10-11-19(29(30)31)18(13-16)25-20(15-7-4-3-5-8-15)21-17(23)9-6-12-24-21/h3-13,20,25H,1-2H3. The highest BCUT2D eigenvalue weighted by atomic mass is 35.5. The Bertz CT molecular complexity index is 1220. The minimum Gasteiger partial charge on any atom is -0.367 e. The zero-order valence-electron chi connectivity index (χ0n) is 16.9. The molecule has 2 heterocycles. The molecule has 2 aromatic heterocycles. The summed E-state index contributed by atoms with van der Waals surface area (Å²) in [5, 5.41) is 23.7. The molecule has 0 saturated heterocycles. The summed E-state index contributed by atoms with van der Waals surface area (Å²) in [7, 11) is 1.78. The third kappa shape index (κ3) is 4.10. The average Bonchev–Trinajstić information content (AvgIpc) is 3.11. The van der Waals surface area contributed by atoms with Crippen molar-refractivity contribution in [2.24, 2.45) is 7.05 Å². The molecule has 4 aromatic rings. The first-order valence-electron chi connectivity index (χ1n) is 9.52. The van der Waals surface area contributed by atoms with Gasteiger partial charge in [-0.05, 0) is 36.8 Å². The minimum absolute atomic E-state index is 0.0514. The van der Waals surface area contributed by atoms with Gasteiger partial charge < -0.3 is 5.32 Å². The highest BCUT2D eigenvalue weighted by Crippen LogP contribution is 2.36. The maximum absolute atomic E-state index is 11.8. The monoisotopic (exact) mass is 434 g/mol. The number of hydrogen-bond donors (Lipinski definition) is 1. The lowest BCUT2D eigenvalue weighted by molar-refractivity contribution is -0.384. The molecule has 4 rings (SSSR count). The van der Waals surface area contributed by atoms with Gasteiger partial charge in [-0.15, -0.1) is 5.10 Å². The summed E-state index contributed by atoms with van der Waals surface area (Å²) < 4.78 is 1.64. The van der Waals surface area contributed by atoms with Gasteiger partial charge >= 0.3 is 0 Å². The summed E-state index contributed by atoms with van der Waals surface area (Å²) in [6.45, 7) is 1.84. The van der Waals surface area contributed by atoms with E-state index >= 15 is 0 Å². The average molecular weight is 435 g/mol. The summed E-state index contributed by atoms with van der Waals surface area (Å²) in [4.78, 5) is 15.8. The van der Waals surface area contributed by atoms with E-state index < -0.39 is 11.0 Å². The number of nitro groups is 1. The van der Waals surface area contributed by atoms with Crippen molar-refractivity contribution < 1.29 is 4.92 Å². The Morgan fingerprint density at radius 1 is 1.13 bits per heavy atom. The number of aromatic nitrogens is 4. The molecule has 9 heteroatoms. The molecule has 31 heavy (non-hydrogen) atoms. The molecule has 0 amide bonds. The van der Waals surface area contributed by atoms with E-state index in [2.05, 4.69) is 20.6 Å². The van der Waals surface area contributed by atoms with E-state index in [-0.39, 0.29) is 5.69 Å². The number of nitro benzene ring substituents is 1. The number of nitrogens with one attached hydrogen (secondary N) is 1. The Labute approximate surface area is 183 Å². The number of rotatable bonds is 6. The van der Waals surface area contributed by atoms with Gasteiger partial charge in [0.15, 0.2) is 0 Å². The topological polar surface area (TPSA) is 98.8 Å². The van der Waals surface area contributed by atoms with Crippen molar-refractivity contribution in [1.82, 2.24) is 20.0 Å². The summed E-state index contributed by atoms with van der Waals surface area (Å²) in [5.41, 5.74) is 4.02. The Morgan fingerprint density at radius 2 is 1.90 bits per heavy atom. The number of hydrogen-bond acceptors (Lipinski definition) is 6. The fourth-order valence-corrected chi connectivity index (χ4v) is 3.77. The first-order chi connectivity index (χ1) is 15.0. The maximum Gasteiger partial charge on any atom is 0.292 e. The van der Waals surface area contributed by atoms with Crippen LogP contribution in [0.25, 0.3) is 11.3 Å². The van der Waals surface area contributed by atoms with Gasteiger partial charge in [0.05, 0.1) is 33.1 Å². The third-order valence-electron chi connectivity index (χ3n) is 4.96. The van der Waals surface area contributed by atoms with Crippen LogP contribution in [-0.4, -0.2) is 24.9 Å². The summed E-state index contributed by atoms with van der Waals surface area (Å²) >= 11 is 6.44. The van der Waals surface area contributed by atoms with E-state index in [1.165, 1.54) is 6.07 Å². The Balaban J connectivity index is 1.85. The minimum atomic E-state index is -0.491. The lowest BCUT2D eigenvalue weighted by Crippen LogP contribution is -2.15. The van der Waals surface area contributed by atoms with E-state index in [0.717, 1.165) is 22.5 Å². The molecule has 156 valence electrons. The fraction of sp³-hybridized carbons (Fsp3) is 0.136. The van der Waals surface area contributed by atoms with E-state index in [0.29, 0.717) is 16.4 Å². The fourth-order valence-electron chi connectivity index (χ4n) is 3.54. The van der Waals surface area contributed by atoms with Crippen LogP contribution in [0, 0.1) is 17.0 Å². The van der Waals surface area contributed by atoms with Crippen molar-refractivity contribution in [3.63, 3.8) is 0 Å². The van der Waals surface area contributed by atoms with Crippen LogP contribution >= 0.6 is 11.6 Å². The largest absolute Gasteiger partial charge is 0.367 e. The van der Waals surface area contributed by atoms with Gasteiger partial charge in [0.1, 0.15) is 5.69 Å². The second-order valence-corrected chi connectivity index (χ2v) is 7.40. The molecule has 0 aliphatic carbocycles. The molecule has 0 bridgehead atoms. The molecule has 0 aliphatic heterocycles. The second kappa shape index (κ2) is 8.53. The molecule has 0 saturated carbocycles. The Morgan fingerprint density at radius 3 is 2.55 bits per heavy atom. The molecular formula is C22H19ClN6O2. The number of nitrogens with zero attached hydrogens (tertiary/aromatic N) is 5. The number of benzene rings is 2. The normalized spacial score (nSPS) is 11.8. The quantitative estimate of drug-likeness (QED) is 0.340. The Kier molecular flexibility index (Phi) is 5.64. The van der Waals surface area contributed by atoms with Crippen LogP contribution in [-0.2, 0) is 7.05 Å². The van der Waals surface area contributed by atoms with E-state index in [1.54, 1.807) is 42.2 Å². The first-order valence-corrected chi connectivity index (χ1v) is 9.90. The van der Waals surface area contributed by atoms with Gasteiger partial charge in [-0.2, -0.15) is 0 Å². The van der Waals surface area contributed by atoms with Crippen LogP contribution in [0.2, 0.25) is 5.02 Å². The number of pyridine rings is 1. The Hall–Kier alpha value is -3.78. The van der Waals surface area contributed by atoms with Crippen LogP contribution in [0.3, 0.4) is 0 Å². The lowest BCUT2D eigenvalue weighted by atomic mass is 10.0. The van der Waals surface area contributed by atoms with Gasteiger partial charge in [0.2, 0.25) is 0 Å². The SMILES string of the molecule is Cc1nnn(C)c1-c1ccc([N+](=O)[O-])c(NC(c2ccccc2)c2ncccc2Cl)c1. The smallest absolute Gasteiger partial charge is 0.292 e. The summed E-state index contributed by atoms with van der Waals surface area (Å²) in [5.74, 6) is 0. The van der Waals surface area contributed by atoms with Crippen LogP contribution in [0.4, 0.5) is 11.4 Å². The van der Waals surface area contributed by atoms with Crippen LogP contribution in [0.5, 0.6) is 0 Å². The predicted octanol–water partition coefficient (Wildman–Crippen LogP) is 4.95. The summed E-state index contributed by atoms with van der Waals surface area (Å²) in [6.07, 6.45) is 1.65. The van der Waals surface area contributed by atoms with E-state index in [9.17, 15) is 10.1 Å². The van der Waals surface area contributed by atoms with Crippen molar-refractivity contribution >= 4 is 23.0 Å². The van der Waals surface area contributed by atoms with Crippen LogP contribution in [0.1, 0.15) is 23.0 Å². The van der Waals surface area contributed by atoms with Crippen LogP contribution in [0.15, 0.2) is 66.9 Å². The number of halogens is 1. The zero-order valence-corrected chi connectivity index (χ0v) is 17.6. The van der Waals surface area contributed by atoms with Crippen molar-refractivity contribution in [2.45, 2.75) is 13.0 Å². The molecular weight excluding hydrogens is 416 g/mol. The number of aryl methyl sites for hydroxylation is 2. The van der Waals surface area contributed by atoms with Gasteiger partial charge in [-0.3, -0.25) is 15.1 Å². The van der Waals surface area contributed by atoms with Crippen molar-refractivity contribution in [1.29, 1.82) is 0 Å². The van der Waals surface area contributed by atoms with Gasteiger partial charge in [0.25, 0.3) is 5.69 Å². The van der Waals surface area contributed by atoms with Gasteiger partial charge in [0, 0.05) is 24.9 Å². The molecule has 2 aromatic carbocycles. The van der Waals surface area contributed by atoms with E-state index in [1.807, 2.05) is 37.3 Å². The first kappa shape index (κ1) is 20.5. The van der Waals surface area contributed by atoms with Crippen molar-refractivity contribution in [3.8, 4) is 11.3 Å². The molecule has 1 unspecified atom stereocenters. The predicted molar refractivity (Wildman–Crippen MR) is 119 cm³/mol. The lowest BCUT2D eigenvalue weighted by Gasteiger charge is -2.21. The zero-order chi connectivity index (χ0) is 22.0. The number of anilines is 1. The maximum atomic E-state index is 11.8. The van der Waals surface area contributed by atoms with Crippen molar-refractivity contribution in [2.75, 3.05) is 5.32 Å². The molecule has 1 atom stereocenters. The molecule has 1 N–H and O–H groups in total. The van der Waals surface area contributed by atoms with Crippen molar-refractivity contribution in [3.05, 3.63) is 98.9 Å². The molecule has 8 nitrogen and oxygen atoms in total. The molecule has 0 radical (unpaired) electrons. The molecule has 0 spiro atoms. The second-order valence-electron chi connectivity index (χ2n) is 6.99. The van der Waals surface area contributed by atoms with Gasteiger partial charge in [-0.1, -0.05) is 47.1 Å². The van der Waals surface area contributed by atoms with E-state index in [4.69, 9.17) is 11.6 Å². The third-order valence-corrected chi connectivity index (χ3v) is 5.27. The van der Waals surface area contributed by atoms with Gasteiger partial charge in [-0.25, -0.2) is 4.68 Å². The molecule has 0 fully saturated rings. The van der Waals surface area contributed by atoms with Crippen LogP contribution < -0.4 is 5.32 Å².